The van der Waals surface area contributed by atoms with Crippen molar-refractivity contribution in [1.82, 2.24) is 0 Å². The molecule has 0 unspecified atom stereocenters. The lowest BCUT2D eigenvalue weighted by Crippen LogP contribution is -2.03. The van der Waals surface area contributed by atoms with Gasteiger partial charge in [0.1, 0.15) is 5.75 Å². The van der Waals surface area contributed by atoms with Gasteiger partial charge in [0.15, 0.2) is 0 Å². The molecule has 0 aliphatic rings. The fraction of sp³-hybridized carbons (Fsp3) is 0.824. The highest BCUT2D eigenvalue weighted by atomic mass is 16.3. The lowest BCUT2D eigenvalue weighted by Gasteiger charge is -2.17. The summed E-state index contributed by atoms with van der Waals surface area (Å²) in [6.07, 6.45) is 33.4. The van der Waals surface area contributed by atoms with E-state index < -0.39 is 0 Å². The van der Waals surface area contributed by atoms with Crippen LogP contribution in [0.5, 0.6) is 5.75 Å². The molecule has 0 spiro atoms. The number of phenols is 1. The molecule has 0 fully saturated rings. The molecule has 1 heteroatoms. The quantitative estimate of drug-likeness (QED) is 0.136. The summed E-state index contributed by atoms with van der Waals surface area (Å²) in [4.78, 5) is 0. The van der Waals surface area contributed by atoms with Gasteiger partial charge in [0.05, 0.1) is 0 Å². The van der Waals surface area contributed by atoms with Crippen LogP contribution in [0.25, 0.3) is 0 Å². The molecule has 0 amide bonds. The van der Waals surface area contributed by atoms with E-state index in [-0.39, 0.29) is 0 Å². The minimum absolute atomic E-state index is 0.563. The summed E-state index contributed by atoms with van der Waals surface area (Å²) in [5.74, 6) is 0.563. The van der Waals surface area contributed by atoms with E-state index in [1.54, 1.807) is 0 Å². The Bertz CT molecular complexity index is 590. The summed E-state index contributed by atoms with van der Waals surface area (Å²) in [5.41, 5.74) is 4.34. The van der Waals surface area contributed by atoms with Gasteiger partial charge in [-0.15, -0.1) is 0 Å². The molecule has 1 N–H and O–H groups in total. The van der Waals surface area contributed by atoms with Crippen LogP contribution in [0.2, 0.25) is 0 Å². The van der Waals surface area contributed by atoms with Gasteiger partial charge in [0.25, 0.3) is 0 Å². The zero-order valence-corrected chi connectivity index (χ0v) is 24.3. The highest BCUT2D eigenvalue weighted by Crippen LogP contribution is 2.30. The molecule has 0 aliphatic heterocycles. The second kappa shape index (κ2) is 23.4. The Kier molecular flexibility index (Phi) is 21.4. The van der Waals surface area contributed by atoms with E-state index in [0.717, 1.165) is 6.42 Å². The summed E-state index contributed by atoms with van der Waals surface area (Å²) in [6.45, 7) is 6.88. The standard InChI is InChI=1S/C34H62O/c1-4-7-10-13-15-17-18-20-22-25-28-33-32(27-24-21-19-16-14-11-8-5-2)31(29-30-34(33)35)26-23-12-9-6-3/h29-30,35H,4-28H2,1-3H3. The molecule has 0 atom stereocenters. The first-order chi connectivity index (χ1) is 17.2. The Morgan fingerprint density at radius 3 is 1.20 bits per heavy atom. The molecule has 35 heavy (non-hydrogen) atoms. The van der Waals surface area contributed by atoms with Crippen LogP contribution in [0.15, 0.2) is 12.1 Å². The van der Waals surface area contributed by atoms with E-state index in [1.165, 1.54) is 171 Å². The number of benzene rings is 1. The van der Waals surface area contributed by atoms with Crippen LogP contribution in [0, 0.1) is 0 Å². The number of hydrogen-bond donors (Lipinski definition) is 1. The van der Waals surface area contributed by atoms with Gasteiger partial charge in [-0.05, 0) is 61.3 Å². The van der Waals surface area contributed by atoms with Crippen molar-refractivity contribution in [2.45, 2.75) is 181 Å². The Balaban J connectivity index is 2.52. The average molecular weight is 487 g/mol. The maximum absolute atomic E-state index is 10.8. The van der Waals surface area contributed by atoms with Crippen molar-refractivity contribution in [3.63, 3.8) is 0 Å². The van der Waals surface area contributed by atoms with Crippen LogP contribution in [0.3, 0.4) is 0 Å². The normalized spacial score (nSPS) is 11.4. The predicted molar refractivity (Wildman–Crippen MR) is 158 cm³/mol. The highest BCUT2D eigenvalue weighted by Gasteiger charge is 2.13. The fourth-order valence-electron chi connectivity index (χ4n) is 5.52. The fourth-order valence-corrected chi connectivity index (χ4v) is 5.52. The molecule has 0 aliphatic carbocycles. The second-order valence-electron chi connectivity index (χ2n) is 11.2. The van der Waals surface area contributed by atoms with E-state index >= 15 is 0 Å². The molecular formula is C34H62O. The maximum Gasteiger partial charge on any atom is 0.119 e. The van der Waals surface area contributed by atoms with Crippen LogP contribution >= 0.6 is 0 Å². The van der Waals surface area contributed by atoms with E-state index in [9.17, 15) is 5.11 Å². The monoisotopic (exact) mass is 486 g/mol. The van der Waals surface area contributed by atoms with Crippen LogP contribution in [-0.4, -0.2) is 5.11 Å². The molecule has 0 radical (unpaired) electrons. The number of rotatable bonds is 25. The molecule has 0 bridgehead atoms. The van der Waals surface area contributed by atoms with Crippen molar-refractivity contribution in [2.75, 3.05) is 0 Å². The highest BCUT2D eigenvalue weighted by molar-refractivity contribution is 5.45. The molecule has 0 aromatic heterocycles. The van der Waals surface area contributed by atoms with Gasteiger partial charge in [-0.2, -0.15) is 0 Å². The molecular weight excluding hydrogens is 424 g/mol. The zero-order valence-electron chi connectivity index (χ0n) is 24.3. The van der Waals surface area contributed by atoms with E-state index in [1.807, 2.05) is 6.07 Å². The van der Waals surface area contributed by atoms with Crippen LogP contribution in [0.1, 0.15) is 179 Å². The van der Waals surface area contributed by atoms with Gasteiger partial charge in [0.2, 0.25) is 0 Å². The molecule has 0 saturated heterocycles. The van der Waals surface area contributed by atoms with Crippen LogP contribution < -0.4 is 0 Å². The Morgan fingerprint density at radius 1 is 0.400 bits per heavy atom. The SMILES string of the molecule is CCCCCCCCCCCCc1c(O)ccc(CCCCCC)c1CCCCCCCCCC. The Hall–Kier alpha value is -0.980. The maximum atomic E-state index is 10.8. The molecule has 1 aromatic rings. The van der Waals surface area contributed by atoms with Crippen LogP contribution in [0.4, 0.5) is 0 Å². The van der Waals surface area contributed by atoms with Gasteiger partial charge in [-0.1, -0.05) is 149 Å². The molecule has 0 saturated carbocycles. The minimum atomic E-state index is 0.563. The molecule has 1 nitrogen and oxygen atoms in total. The van der Waals surface area contributed by atoms with Gasteiger partial charge >= 0.3 is 0 Å². The number of aryl methyl sites for hydroxylation is 1. The predicted octanol–water partition coefficient (Wildman–Crippen LogP) is 11.7. The van der Waals surface area contributed by atoms with Gasteiger partial charge in [-0.3, -0.25) is 0 Å². The topological polar surface area (TPSA) is 20.2 Å². The lowest BCUT2D eigenvalue weighted by molar-refractivity contribution is 0.463. The van der Waals surface area contributed by atoms with Crippen molar-refractivity contribution >= 4 is 0 Å². The molecule has 0 heterocycles. The van der Waals surface area contributed by atoms with E-state index in [4.69, 9.17) is 0 Å². The van der Waals surface area contributed by atoms with Crippen molar-refractivity contribution in [2.24, 2.45) is 0 Å². The molecule has 1 rings (SSSR count). The first kappa shape index (κ1) is 32.0. The minimum Gasteiger partial charge on any atom is -0.508 e. The van der Waals surface area contributed by atoms with Gasteiger partial charge < -0.3 is 5.11 Å². The summed E-state index contributed by atoms with van der Waals surface area (Å²) in [7, 11) is 0. The number of unbranched alkanes of at least 4 members (excludes halogenated alkanes) is 19. The first-order valence-electron chi connectivity index (χ1n) is 16.1. The summed E-state index contributed by atoms with van der Waals surface area (Å²) in [5, 5.41) is 10.8. The smallest absolute Gasteiger partial charge is 0.119 e. The summed E-state index contributed by atoms with van der Waals surface area (Å²) >= 11 is 0. The van der Waals surface area contributed by atoms with Gasteiger partial charge in [0, 0.05) is 0 Å². The van der Waals surface area contributed by atoms with Crippen molar-refractivity contribution in [3.8, 4) is 5.75 Å². The summed E-state index contributed by atoms with van der Waals surface area (Å²) in [6, 6.07) is 4.24. The first-order valence-corrected chi connectivity index (χ1v) is 16.1. The average Bonchev–Trinajstić information content (AvgIpc) is 2.86. The second-order valence-corrected chi connectivity index (χ2v) is 11.2. The molecule has 1 aromatic carbocycles. The van der Waals surface area contributed by atoms with Crippen molar-refractivity contribution < 1.29 is 5.11 Å². The zero-order chi connectivity index (χ0) is 25.4. The van der Waals surface area contributed by atoms with Crippen LogP contribution in [-0.2, 0) is 19.3 Å². The number of hydrogen-bond acceptors (Lipinski definition) is 1. The Morgan fingerprint density at radius 2 is 0.743 bits per heavy atom. The third-order valence-corrected chi connectivity index (χ3v) is 7.86. The molecule has 204 valence electrons. The number of phenolic OH excluding ortho intramolecular Hbond substituents is 1. The number of aromatic hydroxyl groups is 1. The van der Waals surface area contributed by atoms with E-state index in [0.29, 0.717) is 5.75 Å². The van der Waals surface area contributed by atoms with Gasteiger partial charge in [-0.25, -0.2) is 0 Å². The lowest BCUT2D eigenvalue weighted by atomic mass is 9.89. The van der Waals surface area contributed by atoms with Crippen molar-refractivity contribution in [1.29, 1.82) is 0 Å². The summed E-state index contributed by atoms with van der Waals surface area (Å²) < 4.78 is 0. The third-order valence-electron chi connectivity index (χ3n) is 7.86. The third kappa shape index (κ3) is 16.4. The largest absolute Gasteiger partial charge is 0.508 e. The van der Waals surface area contributed by atoms with Crippen molar-refractivity contribution in [3.05, 3.63) is 28.8 Å². The van der Waals surface area contributed by atoms with E-state index in [2.05, 4.69) is 26.8 Å². The Labute approximate surface area is 220 Å².